The summed E-state index contributed by atoms with van der Waals surface area (Å²) in [5.74, 6) is -14.5. The number of benzene rings is 2. The molecule has 0 N–H and O–H groups in total. The predicted octanol–water partition coefficient (Wildman–Crippen LogP) is 3.97. The Morgan fingerprint density at radius 3 is 2.07 bits per heavy atom. The van der Waals surface area contributed by atoms with Crippen molar-refractivity contribution in [2.45, 2.75) is 17.3 Å². The van der Waals surface area contributed by atoms with Gasteiger partial charge in [-0.2, -0.15) is 13.2 Å². The molecule has 0 bridgehead atoms. The molecule has 0 spiro atoms. The highest BCUT2D eigenvalue weighted by molar-refractivity contribution is 7.90. The van der Waals surface area contributed by atoms with Crippen LogP contribution in [0.4, 0.5) is 30.7 Å². The van der Waals surface area contributed by atoms with Crippen LogP contribution in [-0.2, 0) is 15.6 Å². The molecule has 4 nitrogen and oxygen atoms in total. The van der Waals surface area contributed by atoms with Crippen molar-refractivity contribution in [2.75, 3.05) is 7.11 Å². The van der Waals surface area contributed by atoms with Crippen LogP contribution >= 0.6 is 0 Å². The van der Waals surface area contributed by atoms with Crippen molar-refractivity contribution in [3.05, 3.63) is 52.8 Å². The Kier molecular flexibility index (Phi) is 5.88. The molecule has 2 rings (SSSR count). The number of sulfone groups is 1. The van der Waals surface area contributed by atoms with E-state index < -0.39 is 61.9 Å². The Labute approximate surface area is 148 Å². The second kappa shape index (κ2) is 7.62. The highest BCUT2D eigenvalue weighted by Gasteiger charge is 2.35. The molecule has 0 unspecified atom stereocenters. The molecule has 0 fully saturated rings. The van der Waals surface area contributed by atoms with E-state index in [9.17, 15) is 39.2 Å². The SMILES string of the molecule is COc1ccc(CS(=O)(=O)c2c(F)c(F)c(F)c(F)c2OC(F)F)cc1F. The molecule has 0 aliphatic heterocycles. The van der Waals surface area contributed by atoms with E-state index in [1.54, 1.807) is 0 Å². The smallest absolute Gasteiger partial charge is 0.387 e. The third-order valence-electron chi connectivity index (χ3n) is 3.27. The van der Waals surface area contributed by atoms with Gasteiger partial charge in [0.2, 0.25) is 11.6 Å². The van der Waals surface area contributed by atoms with Crippen LogP contribution in [-0.4, -0.2) is 22.1 Å². The lowest BCUT2D eigenvalue weighted by Crippen LogP contribution is -2.16. The minimum absolute atomic E-state index is 0.261. The number of hydrogen-bond acceptors (Lipinski definition) is 4. The van der Waals surface area contributed by atoms with Gasteiger partial charge in [0.25, 0.3) is 0 Å². The number of ether oxygens (including phenoxy) is 2. The van der Waals surface area contributed by atoms with E-state index in [0.717, 1.165) is 19.2 Å². The summed E-state index contributed by atoms with van der Waals surface area (Å²) < 4.78 is 126. The first-order valence-electron chi connectivity index (χ1n) is 6.85. The van der Waals surface area contributed by atoms with Crippen LogP contribution in [0, 0.1) is 29.1 Å². The van der Waals surface area contributed by atoms with Gasteiger partial charge in [-0.1, -0.05) is 6.07 Å². The van der Waals surface area contributed by atoms with Crippen LogP contribution in [0.2, 0.25) is 0 Å². The number of halogens is 7. The van der Waals surface area contributed by atoms with Crippen LogP contribution < -0.4 is 9.47 Å². The summed E-state index contributed by atoms with van der Waals surface area (Å²) in [6, 6.07) is 2.71. The minimum Gasteiger partial charge on any atom is -0.494 e. The normalized spacial score (nSPS) is 11.7. The lowest BCUT2D eigenvalue weighted by atomic mass is 10.2. The van der Waals surface area contributed by atoms with E-state index in [-0.39, 0.29) is 11.3 Å². The zero-order valence-electron chi connectivity index (χ0n) is 13.2. The third kappa shape index (κ3) is 4.10. The van der Waals surface area contributed by atoms with Gasteiger partial charge in [-0.15, -0.1) is 0 Å². The van der Waals surface area contributed by atoms with Crippen molar-refractivity contribution < 1.29 is 48.6 Å². The van der Waals surface area contributed by atoms with Crippen molar-refractivity contribution in [2.24, 2.45) is 0 Å². The summed E-state index contributed by atoms with van der Waals surface area (Å²) in [7, 11) is -3.98. The molecule has 0 amide bonds. The van der Waals surface area contributed by atoms with Gasteiger partial charge in [0, 0.05) is 0 Å². The number of rotatable bonds is 6. The topological polar surface area (TPSA) is 52.6 Å². The van der Waals surface area contributed by atoms with Crippen molar-refractivity contribution in [3.8, 4) is 11.5 Å². The lowest BCUT2D eigenvalue weighted by Gasteiger charge is -2.14. The van der Waals surface area contributed by atoms with Crippen LogP contribution in [0.15, 0.2) is 23.1 Å². The molecule has 27 heavy (non-hydrogen) atoms. The van der Waals surface area contributed by atoms with Gasteiger partial charge < -0.3 is 9.47 Å². The van der Waals surface area contributed by atoms with Crippen LogP contribution in [0.5, 0.6) is 11.5 Å². The zero-order chi connectivity index (χ0) is 20.5. The molecule has 2 aromatic carbocycles. The predicted molar refractivity (Wildman–Crippen MR) is 76.7 cm³/mol. The molecule has 0 saturated carbocycles. The Morgan fingerprint density at radius 2 is 1.56 bits per heavy atom. The fourth-order valence-corrected chi connectivity index (χ4v) is 3.70. The largest absolute Gasteiger partial charge is 0.494 e. The monoisotopic (exact) mass is 418 g/mol. The number of methoxy groups -OCH3 is 1. The van der Waals surface area contributed by atoms with E-state index in [1.807, 2.05) is 0 Å². The molecule has 2 aromatic rings. The number of alkyl halides is 2. The molecule has 0 radical (unpaired) electrons. The van der Waals surface area contributed by atoms with E-state index in [1.165, 1.54) is 0 Å². The van der Waals surface area contributed by atoms with Gasteiger partial charge in [-0.25, -0.2) is 26.0 Å². The molecular weight excluding hydrogens is 409 g/mol. The fourth-order valence-electron chi connectivity index (χ4n) is 2.15. The summed E-state index contributed by atoms with van der Waals surface area (Å²) >= 11 is 0. The number of hydrogen-bond donors (Lipinski definition) is 0. The summed E-state index contributed by atoms with van der Waals surface area (Å²) in [6.45, 7) is -3.86. The van der Waals surface area contributed by atoms with E-state index >= 15 is 0 Å². The first-order chi connectivity index (χ1) is 12.5. The second-order valence-corrected chi connectivity index (χ2v) is 6.95. The van der Waals surface area contributed by atoms with Gasteiger partial charge in [0.1, 0.15) is 0 Å². The average molecular weight is 418 g/mol. The van der Waals surface area contributed by atoms with Gasteiger partial charge >= 0.3 is 6.61 Å². The Bertz CT molecular complexity index is 977. The van der Waals surface area contributed by atoms with Crippen molar-refractivity contribution in [3.63, 3.8) is 0 Å². The summed E-state index contributed by atoms with van der Waals surface area (Å²) in [6.07, 6.45) is 0. The molecule has 0 aliphatic carbocycles. The van der Waals surface area contributed by atoms with Crippen LogP contribution in [0.1, 0.15) is 5.56 Å². The standard InChI is InChI=1S/C15H9F7O4S/c1-25-8-3-2-6(4-7(8)16)5-27(23,24)14-12(20)10(18)9(17)11(19)13(14)26-15(21)22/h2-4,15H,5H2,1H3. The molecular formula is C15H9F7O4S. The van der Waals surface area contributed by atoms with Gasteiger partial charge in [0.15, 0.2) is 43.7 Å². The maximum absolute atomic E-state index is 14.0. The molecule has 148 valence electrons. The van der Waals surface area contributed by atoms with Gasteiger partial charge in [-0.3, -0.25) is 0 Å². The van der Waals surface area contributed by atoms with Crippen molar-refractivity contribution >= 4 is 9.84 Å². The van der Waals surface area contributed by atoms with Gasteiger partial charge in [-0.05, 0) is 17.7 Å². The van der Waals surface area contributed by atoms with E-state index in [4.69, 9.17) is 0 Å². The second-order valence-electron chi connectivity index (χ2n) is 5.02. The zero-order valence-corrected chi connectivity index (χ0v) is 14.0. The molecule has 0 aliphatic rings. The van der Waals surface area contributed by atoms with E-state index in [2.05, 4.69) is 9.47 Å². The maximum atomic E-state index is 14.0. The summed E-state index contributed by atoms with van der Waals surface area (Å²) in [4.78, 5) is -1.95. The molecule has 0 saturated heterocycles. The highest BCUT2D eigenvalue weighted by atomic mass is 32.2. The first kappa shape index (κ1) is 20.8. The lowest BCUT2D eigenvalue weighted by molar-refractivity contribution is -0.0551. The molecule has 0 atom stereocenters. The summed E-state index contributed by atoms with van der Waals surface area (Å²) in [5, 5.41) is 0. The summed E-state index contributed by atoms with van der Waals surface area (Å²) in [5.41, 5.74) is -0.333. The van der Waals surface area contributed by atoms with Gasteiger partial charge in [0.05, 0.1) is 12.9 Å². The Morgan fingerprint density at radius 1 is 0.963 bits per heavy atom. The average Bonchev–Trinajstić information content (AvgIpc) is 2.57. The fraction of sp³-hybridized carbons (Fsp3) is 0.200. The first-order valence-corrected chi connectivity index (χ1v) is 8.50. The highest BCUT2D eigenvalue weighted by Crippen LogP contribution is 2.36. The minimum atomic E-state index is -5.11. The van der Waals surface area contributed by atoms with E-state index in [0.29, 0.717) is 6.07 Å². The molecule has 0 heterocycles. The molecule has 0 aromatic heterocycles. The Hall–Kier alpha value is -2.50. The third-order valence-corrected chi connectivity index (χ3v) is 4.97. The van der Waals surface area contributed by atoms with Crippen LogP contribution in [0.3, 0.4) is 0 Å². The van der Waals surface area contributed by atoms with Crippen LogP contribution in [0.25, 0.3) is 0 Å². The van der Waals surface area contributed by atoms with Crippen molar-refractivity contribution in [1.82, 2.24) is 0 Å². The Balaban J connectivity index is 2.62. The quantitative estimate of drug-likeness (QED) is 0.308. The van der Waals surface area contributed by atoms with Crippen molar-refractivity contribution in [1.29, 1.82) is 0 Å². The molecule has 12 heteroatoms. The maximum Gasteiger partial charge on any atom is 0.387 e.